The molecule has 0 heterocycles. The maximum absolute atomic E-state index is 2.74. The van der Waals surface area contributed by atoms with Gasteiger partial charge in [0.05, 0.1) is 11.4 Å². The summed E-state index contributed by atoms with van der Waals surface area (Å²) >= 11 is 0. The van der Waals surface area contributed by atoms with E-state index in [0.29, 0.717) is 5.92 Å². The monoisotopic (exact) mass is 843 g/mol. The van der Waals surface area contributed by atoms with Crippen LogP contribution in [-0.2, 0) is 16.2 Å². The van der Waals surface area contributed by atoms with Gasteiger partial charge in [-0.2, -0.15) is 0 Å². The summed E-state index contributed by atoms with van der Waals surface area (Å²) in [6, 6.07) is 57.8. The fourth-order valence-electron chi connectivity index (χ4n) is 16.3. The minimum atomic E-state index is -0.0974. The standard InChI is InChI=1S/C64H61N/c1-62(2)52-21-11-9-19-49(52)60-55(62)24-14-26-58(60)65(59-27-15-25-56-61(59)50-20-10-12-22-53(50)63(56,3)4)45-29-31-46(51(38-45)41-16-6-5-7-17-41)42-28-30-48-47-18-8-13-23-54(47)64(57(48)37-42)43-33-39-32-40(35-43)36-44(64)34-39/h8-15,18-31,37-41,43-44H,5-7,16-17,32-36H2,1-4H3. The second-order valence-corrected chi connectivity index (χ2v) is 22.7. The van der Waals surface area contributed by atoms with Crippen molar-refractivity contribution < 1.29 is 0 Å². The lowest BCUT2D eigenvalue weighted by atomic mass is 9.43. The van der Waals surface area contributed by atoms with Crippen molar-refractivity contribution in [2.24, 2.45) is 23.7 Å². The number of fused-ring (bicyclic) bond motifs is 9. The summed E-state index contributed by atoms with van der Waals surface area (Å²) in [5, 5.41) is 0. The number of hydrogen-bond donors (Lipinski definition) is 0. The molecule has 0 amide bonds. The molecule has 322 valence electrons. The van der Waals surface area contributed by atoms with Gasteiger partial charge in [0.1, 0.15) is 0 Å². The molecule has 0 N–H and O–H groups in total. The normalized spacial score (nSPS) is 25.5. The van der Waals surface area contributed by atoms with Gasteiger partial charge in [-0.05, 0) is 177 Å². The molecular formula is C64H61N. The Morgan fingerprint density at radius 1 is 0.415 bits per heavy atom. The SMILES string of the molecule is CC1(C)c2ccccc2-c2c(N(c3ccc(-c4ccc5c(c4)C4(c6ccccc6-5)C5CC6CC(C5)CC4C6)c(C4CCCCC4)c3)c3cccc4c3-c3ccccc3C4(C)C)cccc21. The maximum atomic E-state index is 2.74. The first-order chi connectivity index (χ1) is 31.7. The van der Waals surface area contributed by atoms with Crippen LogP contribution in [0.5, 0.6) is 0 Å². The summed E-state index contributed by atoms with van der Waals surface area (Å²) in [5.74, 6) is 3.92. The van der Waals surface area contributed by atoms with Crippen LogP contribution in [0, 0.1) is 23.7 Å². The molecule has 0 saturated heterocycles. The molecule has 0 aliphatic heterocycles. The van der Waals surface area contributed by atoms with Crippen molar-refractivity contribution in [1.29, 1.82) is 0 Å². The third-order valence-corrected chi connectivity index (χ3v) is 18.9. The molecule has 1 nitrogen and oxygen atoms in total. The minimum absolute atomic E-state index is 0.0974. The highest BCUT2D eigenvalue weighted by Crippen LogP contribution is 2.70. The molecule has 65 heavy (non-hydrogen) atoms. The van der Waals surface area contributed by atoms with Gasteiger partial charge in [0.25, 0.3) is 0 Å². The van der Waals surface area contributed by atoms with Crippen molar-refractivity contribution in [3.05, 3.63) is 185 Å². The Morgan fingerprint density at radius 2 is 0.923 bits per heavy atom. The highest BCUT2D eigenvalue weighted by atomic mass is 15.1. The van der Waals surface area contributed by atoms with Crippen LogP contribution in [0.15, 0.2) is 146 Å². The highest BCUT2D eigenvalue weighted by Gasteiger charge is 2.61. The number of anilines is 3. The van der Waals surface area contributed by atoms with Crippen LogP contribution in [0.4, 0.5) is 17.1 Å². The van der Waals surface area contributed by atoms with Gasteiger partial charge in [0.15, 0.2) is 0 Å². The van der Waals surface area contributed by atoms with Crippen molar-refractivity contribution in [2.75, 3.05) is 4.90 Å². The van der Waals surface area contributed by atoms with Gasteiger partial charge in [-0.3, -0.25) is 0 Å². The van der Waals surface area contributed by atoms with Crippen LogP contribution in [0.2, 0.25) is 0 Å². The smallest absolute Gasteiger partial charge is 0.0543 e. The predicted molar refractivity (Wildman–Crippen MR) is 271 cm³/mol. The van der Waals surface area contributed by atoms with E-state index in [9.17, 15) is 0 Å². The Bertz CT molecular complexity index is 2980. The van der Waals surface area contributed by atoms with E-state index in [1.807, 2.05) is 0 Å². The van der Waals surface area contributed by atoms with Crippen molar-refractivity contribution in [3.63, 3.8) is 0 Å². The number of nitrogens with zero attached hydrogens (tertiary/aromatic N) is 1. The summed E-state index contributed by atoms with van der Waals surface area (Å²) in [6.07, 6.45) is 13.6. The minimum Gasteiger partial charge on any atom is -0.309 e. The largest absolute Gasteiger partial charge is 0.309 e. The zero-order chi connectivity index (χ0) is 43.4. The molecule has 7 aromatic carbocycles. The molecule has 8 aliphatic carbocycles. The van der Waals surface area contributed by atoms with E-state index in [-0.39, 0.29) is 16.2 Å². The second-order valence-electron chi connectivity index (χ2n) is 22.7. The molecule has 0 atom stereocenters. The zero-order valence-corrected chi connectivity index (χ0v) is 38.8. The average Bonchev–Trinajstić information content (AvgIpc) is 3.86. The first-order valence-corrected chi connectivity index (χ1v) is 25.4. The van der Waals surface area contributed by atoms with E-state index in [0.717, 1.165) is 23.7 Å². The van der Waals surface area contributed by atoms with Gasteiger partial charge in [0, 0.05) is 33.1 Å². The maximum Gasteiger partial charge on any atom is 0.0543 e. The van der Waals surface area contributed by atoms with E-state index in [1.165, 1.54) is 148 Å². The molecule has 5 fully saturated rings. The highest BCUT2D eigenvalue weighted by molar-refractivity contribution is 6.00. The summed E-state index contributed by atoms with van der Waals surface area (Å²) in [5.41, 5.74) is 25.7. The topological polar surface area (TPSA) is 3.24 Å². The van der Waals surface area contributed by atoms with Crippen LogP contribution < -0.4 is 4.90 Å². The van der Waals surface area contributed by atoms with Crippen molar-refractivity contribution in [2.45, 2.75) is 114 Å². The number of hydrogen-bond acceptors (Lipinski definition) is 1. The lowest BCUT2D eigenvalue weighted by molar-refractivity contribution is -0.0399. The Balaban J connectivity index is 0.999. The molecule has 1 spiro atoms. The summed E-state index contributed by atoms with van der Waals surface area (Å²) < 4.78 is 0. The molecule has 15 rings (SSSR count). The molecule has 0 aromatic heterocycles. The van der Waals surface area contributed by atoms with Crippen LogP contribution in [-0.4, -0.2) is 0 Å². The van der Waals surface area contributed by atoms with Gasteiger partial charge in [-0.1, -0.05) is 162 Å². The molecule has 1 heteroatoms. The van der Waals surface area contributed by atoms with E-state index in [2.05, 4.69) is 178 Å². The van der Waals surface area contributed by atoms with E-state index in [4.69, 9.17) is 0 Å². The first kappa shape index (κ1) is 38.6. The number of benzene rings is 7. The lowest BCUT2D eigenvalue weighted by Gasteiger charge is -2.61. The first-order valence-electron chi connectivity index (χ1n) is 25.4. The van der Waals surface area contributed by atoms with E-state index in [1.54, 1.807) is 16.7 Å². The fraction of sp³-hybridized carbons (Fsp3) is 0.344. The van der Waals surface area contributed by atoms with Crippen molar-refractivity contribution >= 4 is 17.1 Å². The Morgan fingerprint density at radius 3 is 1.52 bits per heavy atom. The van der Waals surface area contributed by atoms with Crippen LogP contribution >= 0.6 is 0 Å². The second kappa shape index (κ2) is 13.7. The fourth-order valence-corrected chi connectivity index (χ4v) is 16.3. The zero-order valence-electron chi connectivity index (χ0n) is 38.8. The summed E-state index contributed by atoms with van der Waals surface area (Å²) in [6.45, 7) is 9.68. The quantitative estimate of drug-likeness (QED) is 0.167. The van der Waals surface area contributed by atoms with Gasteiger partial charge in [-0.15, -0.1) is 0 Å². The molecule has 4 bridgehead atoms. The van der Waals surface area contributed by atoms with E-state index >= 15 is 0 Å². The summed E-state index contributed by atoms with van der Waals surface area (Å²) in [7, 11) is 0. The summed E-state index contributed by atoms with van der Waals surface area (Å²) in [4.78, 5) is 2.69. The van der Waals surface area contributed by atoms with Gasteiger partial charge in [-0.25, -0.2) is 0 Å². The molecule has 7 aromatic rings. The molecular weight excluding hydrogens is 783 g/mol. The van der Waals surface area contributed by atoms with Crippen molar-refractivity contribution in [1.82, 2.24) is 0 Å². The molecule has 0 radical (unpaired) electrons. The molecule has 0 unspecified atom stereocenters. The van der Waals surface area contributed by atoms with Crippen LogP contribution in [0.3, 0.4) is 0 Å². The molecule has 5 saturated carbocycles. The van der Waals surface area contributed by atoms with Crippen LogP contribution in [0.1, 0.15) is 137 Å². The average molecular weight is 844 g/mol. The lowest BCUT2D eigenvalue weighted by Crippen LogP contribution is -2.55. The third kappa shape index (κ3) is 5.17. The Hall–Kier alpha value is -5.66. The predicted octanol–water partition coefficient (Wildman–Crippen LogP) is 17.2. The molecule has 8 aliphatic rings. The third-order valence-electron chi connectivity index (χ3n) is 18.9. The number of rotatable bonds is 5. The van der Waals surface area contributed by atoms with Crippen molar-refractivity contribution in [3.8, 4) is 44.5 Å². The Labute approximate surface area is 387 Å². The van der Waals surface area contributed by atoms with E-state index < -0.39 is 0 Å². The van der Waals surface area contributed by atoms with Gasteiger partial charge < -0.3 is 4.90 Å². The van der Waals surface area contributed by atoms with Crippen LogP contribution in [0.25, 0.3) is 44.5 Å². The van der Waals surface area contributed by atoms with Gasteiger partial charge >= 0.3 is 0 Å². The Kier molecular flexibility index (Phi) is 8.13. The van der Waals surface area contributed by atoms with Gasteiger partial charge in [0.2, 0.25) is 0 Å².